The van der Waals surface area contributed by atoms with E-state index in [1.54, 1.807) is 11.3 Å². The highest BCUT2D eigenvalue weighted by Gasteiger charge is 2.27. The van der Waals surface area contributed by atoms with Crippen molar-refractivity contribution in [2.75, 3.05) is 30.3 Å². The van der Waals surface area contributed by atoms with Gasteiger partial charge in [0, 0.05) is 24.9 Å². The number of aliphatic hydroxyl groups is 1. The molecule has 2 unspecified atom stereocenters. The molecule has 0 radical (unpaired) electrons. The maximum Gasteiger partial charge on any atom is 0.224 e. The fourth-order valence-corrected chi connectivity index (χ4v) is 5.38. The predicted octanol–water partition coefficient (Wildman–Crippen LogP) is 5.50. The normalized spacial score (nSPS) is 20.9. The molecular formula is C26H38N6OS. The average molecular weight is 483 g/mol. The van der Waals surface area contributed by atoms with Crippen molar-refractivity contribution < 1.29 is 5.11 Å². The molecule has 184 valence electrons. The number of hydrogen-bond acceptors (Lipinski definition) is 8. The van der Waals surface area contributed by atoms with E-state index in [0.29, 0.717) is 24.5 Å². The van der Waals surface area contributed by atoms with Crippen LogP contribution in [0.25, 0.3) is 16.6 Å². The molecule has 2 atom stereocenters. The Hall–Kier alpha value is -2.32. The lowest BCUT2D eigenvalue weighted by atomic mass is 10.1. The van der Waals surface area contributed by atoms with Gasteiger partial charge < -0.3 is 15.7 Å². The molecule has 2 saturated carbocycles. The van der Waals surface area contributed by atoms with E-state index in [-0.39, 0.29) is 6.61 Å². The quantitative estimate of drug-likeness (QED) is 0.366. The van der Waals surface area contributed by atoms with Gasteiger partial charge in [0.15, 0.2) is 0 Å². The Bertz CT molecular complexity index is 1040. The number of aromatic nitrogens is 3. The molecule has 7 nitrogen and oxygen atoms in total. The van der Waals surface area contributed by atoms with Crippen LogP contribution in [0.1, 0.15) is 68.6 Å². The topological polar surface area (TPSA) is 95.3 Å². The van der Waals surface area contributed by atoms with Crippen LogP contribution < -0.4 is 10.6 Å². The highest BCUT2D eigenvalue weighted by Crippen LogP contribution is 2.37. The van der Waals surface area contributed by atoms with Crippen LogP contribution in [0.2, 0.25) is 0 Å². The molecule has 2 aliphatic carbocycles. The first-order valence-electron chi connectivity index (χ1n) is 12.6. The minimum Gasteiger partial charge on any atom is -0.396 e. The third-order valence-corrected chi connectivity index (χ3v) is 7.91. The molecule has 0 amide bonds. The lowest BCUT2D eigenvalue weighted by Gasteiger charge is -2.18. The van der Waals surface area contributed by atoms with Crippen molar-refractivity contribution in [3.05, 3.63) is 22.3 Å². The van der Waals surface area contributed by atoms with E-state index in [1.807, 2.05) is 6.92 Å². The Kier molecular flexibility index (Phi) is 8.32. The van der Waals surface area contributed by atoms with E-state index in [1.165, 1.54) is 18.6 Å². The molecule has 0 bridgehead atoms. The van der Waals surface area contributed by atoms with Gasteiger partial charge in [-0.3, -0.25) is 4.99 Å². The highest BCUT2D eigenvalue weighted by atomic mass is 32.1. The average Bonchev–Trinajstić information content (AvgIpc) is 3.43. The second kappa shape index (κ2) is 11.4. The summed E-state index contributed by atoms with van der Waals surface area (Å²) in [5.41, 5.74) is 4.09. The van der Waals surface area contributed by atoms with Crippen LogP contribution in [-0.2, 0) is 0 Å². The second-order valence-electron chi connectivity index (χ2n) is 9.68. The van der Waals surface area contributed by atoms with Crippen LogP contribution in [-0.4, -0.2) is 51.5 Å². The minimum absolute atomic E-state index is 0.255. The molecule has 2 heterocycles. The summed E-state index contributed by atoms with van der Waals surface area (Å²) in [6, 6.07) is 0.307. The van der Waals surface area contributed by atoms with Gasteiger partial charge in [-0.1, -0.05) is 13.0 Å². The Morgan fingerprint density at radius 3 is 2.62 bits per heavy atom. The Labute approximate surface area is 207 Å². The van der Waals surface area contributed by atoms with E-state index in [0.717, 1.165) is 70.8 Å². The molecule has 2 aromatic rings. The second-order valence-corrected chi connectivity index (χ2v) is 10.7. The van der Waals surface area contributed by atoms with E-state index >= 15 is 0 Å². The fraction of sp³-hybridized carbons (Fsp3) is 0.615. The Morgan fingerprint density at radius 2 is 1.91 bits per heavy atom. The van der Waals surface area contributed by atoms with Gasteiger partial charge in [0.2, 0.25) is 5.95 Å². The van der Waals surface area contributed by atoms with Gasteiger partial charge in [-0.2, -0.15) is 4.98 Å². The van der Waals surface area contributed by atoms with Crippen molar-refractivity contribution in [2.45, 2.75) is 72.3 Å². The number of thiazole rings is 1. The van der Waals surface area contributed by atoms with Crippen LogP contribution in [0, 0.1) is 25.7 Å². The predicted molar refractivity (Wildman–Crippen MR) is 143 cm³/mol. The molecule has 2 aliphatic rings. The first-order chi connectivity index (χ1) is 16.5. The molecular weight excluding hydrogens is 444 g/mol. The SMILES string of the molecule is CCC(C)=NCC=Cc1sc(-c2c(C)nc(NCC3CC3)nc2NC2CCC(CO)C2)nc1C. The van der Waals surface area contributed by atoms with Crippen LogP contribution in [0.4, 0.5) is 11.8 Å². The number of aliphatic hydroxyl groups excluding tert-OH is 1. The summed E-state index contributed by atoms with van der Waals surface area (Å²) < 4.78 is 0. The fourth-order valence-electron chi connectivity index (χ4n) is 4.29. The monoisotopic (exact) mass is 482 g/mol. The molecule has 2 aromatic heterocycles. The molecule has 3 N–H and O–H groups in total. The van der Waals surface area contributed by atoms with Gasteiger partial charge in [-0.05, 0) is 77.2 Å². The number of rotatable bonds is 11. The molecule has 0 saturated heterocycles. The molecule has 4 rings (SSSR count). The number of aliphatic imine (C=N–C) groups is 1. The van der Waals surface area contributed by atoms with E-state index in [9.17, 15) is 5.11 Å². The number of anilines is 2. The Morgan fingerprint density at radius 1 is 1.12 bits per heavy atom. The number of aryl methyl sites for hydroxylation is 2. The minimum atomic E-state index is 0.255. The van der Waals surface area contributed by atoms with E-state index < -0.39 is 0 Å². The van der Waals surface area contributed by atoms with Crippen molar-refractivity contribution in [1.29, 1.82) is 0 Å². The molecule has 2 fully saturated rings. The first-order valence-corrected chi connectivity index (χ1v) is 13.4. The van der Waals surface area contributed by atoms with Crippen molar-refractivity contribution >= 4 is 34.9 Å². The van der Waals surface area contributed by atoms with E-state index in [4.69, 9.17) is 15.0 Å². The standard InChI is InChI=1S/C26H38N6OS/c1-5-16(2)27-12-6-7-22-17(3)29-25(34-22)23-18(4)30-26(28-14-19-8-9-19)32-24(23)31-21-11-10-20(13-21)15-33/h6-7,19-21,33H,5,8-15H2,1-4H3,(H2,28,30,31,32). The highest BCUT2D eigenvalue weighted by molar-refractivity contribution is 7.16. The summed E-state index contributed by atoms with van der Waals surface area (Å²) in [6.07, 6.45) is 10.8. The van der Waals surface area contributed by atoms with Crippen molar-refractivity contribution in [3.8, 4) is 10.6 Å². The maximum atomic E-state index is 9.58. The molecule has 0 aromatic carbocycles. The van der Waals surface area contributed by atoms with Crippen LogP contribution in [0.15, 0.2) is 11.1 Å². The number of nitrogens with one attached hydrogen (secondary N) is 2. The smallest absolute Gasteiger partial charge is 0.224 e. The van der Waals surface area contributed by atoms with Crippen molar-refractivity contribution in [1.82, 2.24) is 15.0 Å². The summed E-state index contributed by atoms with van der Waals surface area (Å²) in [5, 5.41) is 17.6. The maximum absolute atomic E-state index is 9.58. The summed E-state index contributed by atoms with van der Waals surface area (Å²) in [6.45, 7) is 10.2. The lowest BCUT2D eigenvalue weighted by Crippen LogP contribution is -2.19. The van der Waals surface area contributed by atoms with Crippen molar-refractivity contribution in [2.24, 2.45) is 16.8 Å². The summed E-state index contributed by atoms with van der Waals surface area (Å²) in [7, 11) is 0. The third-order valence-electron chi connectivity index (χ3n) is 6.77. The largest absolute Gasteiger partial charge is 0.396 e. The van der Waals surface area contributed by atoms with Gasteiger partial charge in [-0.15, -0.1) is 11.3 Å². The molecule has 0 aliphatic heterocycles. The number of hydrogen-bond donors (Lipinski definition) is 3. The number of nitrogens with zero attached hydrogens (tertiary/aromatic N) is 4. The van der Waals surface area contributed by atoms with Gasteiger partial charge in [-0.25, -0.2) is 9.97 Å². The van der Waals surface area contributed by atoms with Crippen molar-refractivity contribution in [3.63, 3.8) is 0 Å². The molecule has 8 heteroatoms. The molecule has 0 spiro atoms. The van der Waals surface area contributed by atoms with Gasteiger partial charge in [0.25, 0.3) is 0 Å². The Balaban J connectivity index is 1.59. The first kappa shape index (κ1) is 24.8. The zero-order valence-corrected chi connectivity index (χ0v) is 21.7. The molecule has 34 heavy (non-hydrogen) atoms. The lowest BCUT2D eigenvalue weighted by molar-refractivity contribution is 0.229. The van der Waals surface area contributed by atoms with Gasteiger partial charge in [0.05, 0.1) is 28.4 Å². The van der Waals surface area contributed by atoms with Crippen LogP contribution >= 0.6 is 11.3 Å². The van der Waals surface area contributed by atoms with Gasteiger partial charge in [0.1, 0.15) is 10.8 Å². The third kappa shape index (κ3) is 6.42. The zero-order valence-electron chi connectivity index (χ0n) is 20.9. The van der Waals surface area contributed by atoms with Gasteiger partial charge >= 0.3 is 0 Å². The summed E-state index contributed by atoms with van der Waals surface area (Å²) in [4.78, 5) is 20.3. The summed E-state index contributed by atoms with van der Waals surface area (Å²) >= 11 is 1.68. The van der Waals surface area contributed by atoms with Crippen LogP contribution in [0.3, 0.4) is 0 Å². The van der Waals surface area contributed by atoms with E-state index in [2.05, 4.69) is 48.5 Å². The zero-order chi connectivity index (χ0) is 24.1. The summed E-state index contributed by atoms with van der Waals surface area (Å²) in [5.74, 6) is 2.66. The van der Waals surface area contributed by atoms with Crippen LogP contribution in [0.5, 0.6) is 0 Å².